The number of aromatic nitrogens is 1. The van der Waals surface area contributed by atoms with Crippen molar-refractivity contribution in [3.8, 4) is 0 Å². The number of furan rings is 1. The van der Waals surface area contributed by atoms with Gasteiger partial charge in [0, 0.05) is 11.3 Å². The zero-order valence-corrected chi connectivity index (χ0v) is 18.6. The smallest absolute Gasteiger partial charge is 0.262 e. The lowest BCUT2D eigenvalue weighted by Gasteiger charge is -2.19. The van der Waals surface area contributed by atoms with Crippen LogP contribution in [0.4, 0.5) is 5.13 Å². The summed E-state index contributed by atoms with van der Waals surface area (Å²) in [7, 11) is -3.36. The Labute approximate surface area is 186 Å². The van der Waals surface area contributed by atoms with Gasteiger partial charge in [-0.2, -0.15) is 0 Å². The molecule has 2 aromatic heterocycles. The average Bonchev–Trinajstić information content (AvgIpc) is 3.35. The van der Waals surface area contributed by atoms with Gasteiger partial charge >= 0.3 is 0 Å². The van der Waals surface area contributed by atoms with Crippen LogP contribution in [0.1, 0.15) is 16.1 Å². The predicted octanol–water partition coefficient (Wildman–Crippen LogP) is 5.45. The van der Waals surface area contributed by atoms with E-state index in [1.54, 1.807) is 36.4 Å². The van der Waals surface area contributed by atoms with Crippen molar-refractivity contribution >= 4 is 65.6 Å². The number of carbonyl (C=O) groups excluding carboxylic acids is 1. The number of thiazole rings is 1. The molecule has 0 aliphatic carbocycles. The van der Waals surface area contributed by atoms with Crippen LogP contribution in [0.5, 0.6) is 0 Å². The molecule has 0 unspecified atom stereocenters. The fourth-order valence-corrected chi connectivity index (χ4v) is 4.93. The van der Waals surface area contributed by atoms with Gasteiger partial charge in [-0.15, -0.1) is 0 Å². The van der Waals surface area contributed by atoms with E-state index in [1.165, 1.54) is 34.6 Å². The van der Waals surface area contributed by atoms with E-state index in [0.717, 1.165) is 6.26 Å². The number of benzene rings is 2. The third kappa shape index (κ3) is 4.22. The molecule has 2 heterocycles. The van der Waals surface area contributed by atoms with Gasteiger partial charge in [0.2, 0.25) is 0 Å². The lowest BCUT2D eigenvalue weighted by molar-refractivity contribution is 0.0983. The highest BCUT2D eigenvalue weighted by atomic mass is 35.5. The Morgan fingerprint density at radius 3 is 2.67 bits per heavy atom. The quantitative estimate of drug-likeness (QED) is 0.379. The lowest BCUT2D eigenvalue weighted by Crippen LogP contribution is -2.30. The van der Waals surface area contributed by atoms with Crippen molar-refractivity contribution < 1.29 is 17.6 Å². The third-order valence-electron chi connectivity index (χ3n) is 4.31. The molecule has 0 saturated carbocycles. The van der Waals surface area contributed by atoms with Gasteiger partial charge in [-0.25, -0.2) is 13.4 Å². The SMILES string of the molecule is CS(=O)(=O)c1ccc2nc(N(Cc3ccco3)C(=O)c3cc(Cl)ccc3Cl)sc2c1. The van der Waals surface area contributed by atoms with Gasteiger partial charge in [0.25, 0.3) is 5.91 Å². The van der Waals surface area contributed by atoms with Crippen molar-refractivity contribution in [2.45, 2.75) is 11.4 Å². The van der Waals surface area contributed by atoms with Crippen molar-refractivity contribution in [1.29, 1.82) is 0 Å². The lowest BCUT2D eigenvalue weighted by atomic mass is 10.2. The number of hydrogen-bond donors (Lipinski definition) is 0. The second kappa shape index (κ2) is 8.03. The van der Waals surface area contributed by atoms with E-state index in [-0.39, 0.29) is 22.0 Å². The summed E-state index contributed by atoms with van der Waals surface area (Å²) in [5.41, 5.74) is 0.809. The molecule has 0 spiro atoms. The molecule has 4 aromatic rings. The summed E-state index contributed by atoms with van der Waals surface area (Å²) in [4.78, 5) is 19.5. The molecule has 6 nitrogen and oxygen atoms in total. The molecular formula is C20H14Cl2N2O4S2. The number of anilines is 1. The van der Waals surface area contributed by atoms with Crippen LogP contribution in [0.15, 0.2) is 64.1 Å². The van der Waals surface area contributed by atoms with Crippen LogP contribution >= 0.6 is 34.5 Å². The Morgan fingerprint density at radius 1 is 1.17 bits per heavy atom. The zero-order valence-electron chi connectivity index (χ0n) is 15.5. The molecule has 30 heavy (non-hydrogen) atoms. The molecule has 0 aliphatic heterocycles. The molecule has 0 fully saturated rings. The molecule has 4 rings (SSSR count). The Balaban J connectivity index is 1.81. The van der Waals surface area contributed by atoms with Gasteiger partial charge in [0.05, 0.1) is 38.5 Å². The summed E-state index contributed by atoms with van der Waals surface area (Å²) < 4.78 is 29.8. The predicted molar refractivity (Wildman–Crippen MR) is 118 cm³/mol. The van der Waals surface area contributed by atoms with E-state index < -0.39 is 15.7 Å². The molecule has 0 N–H and O–H groups in total. The van der Waals surface area contributed by atoms with E-state index in [9.17, 15) is 13.2 Å². The minimum absolute atomic E-state index is 0.118. The Kier molecular flexibility index (Phi) is 5.59. The first-order valence-corrected chi connectivity index (χ1v) is 12.1. The van der Waals surface area contributed by atoms with Gasteiger partial charge < -0.3 is 4.42 Å². The number of halogens is 2. The van der Waals surface area contributed by atoms with Gasteiger partial charge in [0.1, 0.15) is 5.76 Å². The van der Waals surface area contributed by atoms with Crippen LogP contribution in [0.2, 0.25) is 10.0 Å². The highest BCUT2D eigenvalue weighted by molar-refractivity contribution is 7.90. The summed E-state index contributed by atoms with van der Waals surface area (Å²) in [6.07, 6.45) is 2.66. The first-order chi connectivity index (χ1) is 14.2. The van der Waals surface area contributed by atoms with Gasteiger partial charge in [-0.1, -0.05) is 34.5 Å². The molecule has 10 heteroatoms. The van der Waals surface area contributed by atoms with Crippen LogP contribution in [-0.4, -0.2) is 25.6 Å². The van der Waals surface area contributed by atoms with Crippen LogP contribution in [0.25, 0.3) is 10.2 Å². The monoisotopic (exact) mass is 480 g/mol. The fourth-order valence-electron chi connectivity index (χ4n) is 2.83. The van der Waals surface area contributed by atoms with E-state index >= 15 is 0 Å². The van der Waals surface area contributed by atoms with Gasteiger partial charge in [-0.3, -0.25) is 9.69 Å². The standard InChI is InChI=1S/C20H14Cl2N2O4S2/c1-30(26,27)14-5-7-17-18(10-14)29-20(23-17)24(11-13-3-2-8-28-13)19(25)15-9-12(21)4-6-16(15)22/h2-10H,11H2,1H3. The van der Waals surface area contributed by atoms with Crippen LogP contribution in [0.3, 0.4) is 0 Å². The molecule has 0 atom stereocenters. The average molecular weight is 481 g/mol. The maximum Gasteiger partial charge on any atom is 0.262 e. The fraction of sp³-hybridized carbons (Fsp3) is 0.100. The molecule has 0 radical (unpaired) electrons. The third-order valence-corrected chi connectivity index (χ3v) is 7.02. The van der Waals surface area contributed by atoms with Crippen molar-refractivity contribution in [3.05, 3.63) is 76.2 Å². The number of rotatable bonds is 5. The molecule has 1 amide bonds. The maximum absolute atomic E-state index is 13.4. The second-order valence-electron chi connectivity index (χ2n) is 6.49. The largest absolute Gasteiger partial charge is 0.467 e. The second-order valence-corrected chi connectivity index (χ2v) is 10.4. The summed E-state index contributed by atoms with van der Waals surface area (Å²) in [6.45, 7) is 0.118. The molecule has 2 aromatic carbocycles. The minimum atomic E-state index is -3.36. The topological polar surface area (TPSA) is 80.5 Å². The van der Waals surface area contributed by atoms with Crippen molar-refractivity contribution in [2.75, 3.05) is 11.2 Å². The highest BCUT2D eigenvalue weighted by Crippen LogP contribution is 2.33. The van der Waals surface area contributed by atoms with E-state index in [2.05, 4.69) is 4.98 Å². The summed E-state index contributed by atoms with van der Waals surface area (Å²) >= 11 is 13.5. The molecule has 0 bridgehead atoms. The van der Waals surface area contributed by atoms with E-state index in [0.29, 0.717) is 26.1 Å². The Hall–Kier alpha value is -2.39. The van der Waals surface area contributed by atoms with Gasteiger partial charge in [0.15, 0.2) is 15.0 Å². The van der Waals surface area contributed by atoms with Crippen molar-refractivity contribution in [1.82, 2.24) is 4.98 Å². The number of nitrogens with zero attached hydrogens (tertiary/aromatic N) is 2. The van der Waals surface area contributed by atoms with E-state index in [1.807, 2.05) is 0 Å². The molecule has 0 aliphatic rings. The zero-order chi connectivity index (χ0) is 21.5. The number of fused-ring (bicyclic) bond motifs is 1. The summed E-state index contributed by atoms with van der Waals surface area (Å²) in [5.74, 6) is 0.152. The van der Waals surface area contributed by atoms with Gasteiger partial charge in [-0.05, 0) is 48.5 Å². The molecular weight excluding hydrogens is 467 g/mol. The Bertz CT molecular complexity index is 1350. The number of hydrogen-bond acceptors (Lipinski definition) is 6. The van der Waals surface area contributed by atoms with Crippen molar-refractivity contribution in [2.24, 2.45) is 0 Å². The maximum atomic E-state index is 13.4. The molecule has 154 valence electrons. The summed E-state index contributed by atoms with van der Waals surface area (Å²) in [5, 5.41) is 1.02. The van der Waals surface area contributed by atoms with E-state index in [4.69, 9.17) is 27.6 Å². The first-order valence-electron chi connectivity index (χ1n) is 8.62. The normalized spacial score (nSPS) is 11.7. The number of amides is 1. The van der Waals surface area contributed by atoms with Crippen LogP contribution < -0.4 is 4.90 Å². The van der Waals surface area contributed by atoms with Crippen LogP contribution in [0, 0.1) is 0 Å². The number of carbonyl (C=O) groups is 1. The Morgan fingerprint density at radius 2 is 1.97 bits per heavy atom. The molecule has 0 saturated heterocycles. The van der Waals surface area contributed by atoms with Crippen LogP contribution in [-0.2, 0) is 16.4 Å². The minimum Gasteiger partial charge on any atom is -0.467 e. The number of sulfone groups is 1. The summed E-state index contributed by atoms with van der Waals surface area (Å²) in [6, 6.07) is 12.8. The van der Waals surface area contributed by atoms with Crippen molar-refractivity contribution in [3.63, 3.8) is 0 Å². The first kappa shape index (κ1) is 20.9. The highest BCUT2D eigenvalue weighted by Gasteiger charge is 2.25.